The molecular weight excluding hydrogens is 368 g/mol. The van der Waals surface area contributed by atoms with Crippen LogP contribution in [0, 0.1) is 12.3 Å². The van der Waals surface area contributed by atoms with Crippen LogP contribution in [-0.2, 0) is 12.5 Å². The zero-order valence-electron chi connectivity index (χ0n) is 15.6. The number of rotatable bonds is 5. The van der Waals surface area contributed by atoms with Gasteiger partial charge in [0.05, 0.1) is 17.3 Å². The minimum Gasteiger partial charge on any atom is -0.449 e. The molecule has 4 nitrogen and oxygen atoms in total. The average molecular weight is 385 g/mol. The molecule has 3 heterocycles. The lowest BCUT2D eigenvalue weighted by Gasteiger charge is -2.17. The Morgan fingerprint density at radius 1 is 1.64 bits per heavy atom. The van der Waals surface area contributed by atoms with Gasteiger partial charge in [-0.3, -0.25) is 0 Å². The van der Waals surface area contributed by atoms with Crippen molar-refractivity contribution in [2.75, 3.05) is 5.32 Å². The summed E-state index contributed by atoms with van der Waals surface area (Å²) >= 11 is 7.51. The van der Waals surface area contributed by atoms with Crippen molar-refractivity contribution < 1.29 is 17.3 Å². The highest BCUT2D eigenvalue weighted by atomic mass is 35.5. The van der Waals surface area contributed by atoms with E-state index in [-0.39, 0.29) is 21.8 Å². The number of thiophene rings is 1. The van der Waals surface area contributed by atoms with E-state index in [1.54, 1.807) is 0 Å². The Hall–Kier alpha value is -2.14. The molecule has 0 saturated heterocycles. The first-order chi connectivity index (χ1) is 13.1. The van der Waals surface area contributed by atoms with E-state index in [0.29, 0.717) is 12.2 Å². The lowest BCUT2D eigenvalue weighted by molar-refractivity contribution is -0.0446. The first kappa shape index (κ1) is 14.1. The summed E-state index contributed by atoms with van der Waals surface area (Å²) in [7, 11) is 0. The first-order valence-corrected chi connectivity index (χ1v) is 8.31. The van der Waals surface area contributed by atoms with Gasteiger partial charge in [0.2, 0.25) is 0 Å². The number of hydrogen-bond acceptors (Lipinski definition) is 5. The summed E-state index contributed by atoms with van der Waals surface area (Å²) in [4.78, 5) is 4.97. The summed E-state index contributed by atoms with van der Waals surface area (Å²) < 4.78 is 56.6. The number of fused-ring (bicyclic) bond motifs is 1. The van der Waals surface area contributed by atoms with Crippen molar-refractivity contribution in [2.45, 2.75) is 25.4 Å². The highest BCUT2D eigenvalue weighted by molar-refractivity contribution is 7.09. The number of halogens is 3. The zero-order valence-corrected chi connectivity index (χ0v) is 14.2. The molecule has 3 rings (SSSR count). The van der Waals surface area contributed by atoms with Crippen molar-refractivity contribution in [1.29, 1.82) is 0 Å². The standard InChI is InChI=1S/C17H14ClF2N3OS/c1-3-11-14-15(24-16(11)17(19,20)9(2)21)12(7-13(18)23-14)22-8-10-5-4-6-25-10/h1,4-7,9H,8,21H2,2H3,(H,22,23)/t9-/m0/s1/i2D3. The molecule has 0 aliphatic carbocycles. The SMILES string of the molecule is [2H]C([2H])([2H])[C@H](N)C(F)(F)c1oc2c(NCc3cccs3)cc(Cl)nc2c1C#C. The predicted octanol–water partition coefficient (Wildman–Crippen LogP) is 4.58. The van der Waals surface area contributed by atoms with E-state index in [9.17, 15) is 8.78 Å². The second-order valence-electron chi connectivity index (χ2n) is 5.15. The molecule has 0 unspecified atom stereocenters. The molecule has 0 aromatic carbocycles. The average Bonchev–Trinajstić information content (AvgIpc) is 3.25. The topological polar surface area (TPSA) is 64.1 Å². The Bertz CT molecular complexity index is 1040. The number of aromatic nitrogens is 1. The highest BCUT2D eigenvalue weighted by Gasteiger charge is 2.43. The van der Waals surface area contributed by atoms with Crippen LogP contribution in [0.25, 0.3) is 11.1 Å². The minimum absolute atomic E-state index is 0.00784. The van der Waals surface area contributed by atoms with Crippen molar-refractivity contribution in [2.24, 2.45) is 5.73 Å². The lowest BCUT2D eigenvalue weighted by Crippen LogP contribution is -2.36. The van der Waals surface area contributed by atoms with Gasteiger partial charge in [0.15, 0.2) is 11.3 Å². The fraction of sp³-hybridized carbons (Fsp3) is 0.235. The zero-order chi connectivity index (χ0) is 20.7. The van der Waals surface area contributed by atoms with Crippen molar-refractivity contribution in [1.82, 2.24) is 4.98 Å². The normalized spacial score (nSPS) is 15.2. The summed E-state index contributed by atoms with van der Waals surface area (Å²) in [6, 6.07) is 2.66. The number of hydrogen-bond donors (Lipinski definition) is 2. The number of terminal acetylenes is 1. The van der Waals surface area contributed by atoms with Gasteiger partial charge in [-0.2, -0.15) is 8.78 Å². The molecule has 0 aliphatic heterocycles. The minimum atomic E-state index is -4.05. The molecule has 0 bridgehead atoms. The third-order valence-electron chi connectivity index (χ3n) is 3.48. The van der Waals surface area contributed by atoms with Gasteiger partial charge in [-0.1, -0.05) is 23.6 Å². The first-order valence-electron chi connectivity index (χ1n) is 8.55. The molecule has 8 heteroatoms. The van der Waals surface area contributed by atoms with E-state index >= 15 is 0 Å². The van der Waals surface area contributed by atoms with Gasteiger partial charge in [0.25, 0.3) is 0 Å². The van der Waals surface area contributed by atoms with Gasteiger partial charge < -0.3 is 15.5 Å². The third-order valence-corrected chi connectivity index (χ3v) is 4.55. The van der Waals surface area contributed by atoms with Crippen LogP contribution in [0.5, 0.6) is 0 Å². The molecule has 3 N–H and O–H groups in total. The molecule has 0 radical (unpaired) electrons. The number of furan rings is 1. The fourth-order valence-electron chi connectivity index (χ4n) is 2.27. The van der Waals surface area contributed by atoms with Crippen LogP contribution in [0.3, 0.4) is 0 Å². The van der Waals surface area contributed by atoms with Crippen LogP contribution >= 0.6 is 22.9 Å². The Kier molecular flexibility index (Phi) is 3.74. The van der Waals surface area contributed by atoms with Gasteiger partial charge in [-0.05, 0) is 18.3 Å². The molecule has 130 valence electrons. The molecule has 3 aromatic heterocycles. The molecule has 0 saturated carbocycles. The molecule has 1 atom stereocenters. The molecule has 3 aromatic rings. The van der Waals surface area contributed by atoms with E-state index in [4.69, 9.17) is 32.3 Å². The lowest BCUT2D eigenvalue weighted by atomic mass is 10.1. The van der Waals surface area contributed by atoms with Crippen molar-refractivity contribution in [3.05, 3.63) is 44.9 Å². The van der Waals surface area contributed by atoms with E-state index in [0.717, 1.165) is 4.88 Å². The smallest absolute Gasteiger partial charge is 0.320 e. The largest absolute Gasteiger partial charge is 0.449 e. The summed E-state index contributed by atoms with van der Waals surface area (Å²) in [6.07, 6.45) is 5.39. The number of alkyl halides is 2. The van der Waals surface area contributed by atoms with Crippen molar-refractivity contribution in [3.8, 4) is 12.3 Å². The van der Waals surface area contributed by atoms with Crippen molar-refractivity contribution >= 4 is 39.7 Å². The Balaban J connectivity index is 2.13. The molecular formula is C17H14ClF2N3OS. The van der Waals surface area contributed by atoms with Crippen LogP contribution in [0.15, 0.2) is 28.0 Å². The Morgan fingerprint density at radius 3 is 3.08 bits per heavy atom. The van der Waals surface area contributed by atoms with E-state index in [2.05, 4.69) is 16.2 Å². The molecule has 0 amide bonds. The predicted molar refractivity (Wildman–Crippen MR) is 96.1 cm³/mol. The number of nitrogens with two attached hydrogens (primary N) is 1. The summed E-state index contributed by atoms with van der Waals surface area (Å²) in [5.74, 6) is -2.98. The van der Waals surface area contributed by atoms with E-state index < -0.39 is 24.6 Å². The molecule has 0 spiro atoms. The second-order valence-corrected chi connectivity index (χ2v) is 6.57. The van der Waals surface area contributed by atoms with Crippen LogP contribution < -0.4 is 11.1 Å². The maximum Gasteiger partial charge on any atom is 0.320 e. The van der Waals surface area contributed by atoms with Gasteiger partial charge in [0.1, 0.15) is 10.7 Å². The maximum atomic E-state index is 14.8. The van der Waals surface area contributed by atoms with E-state index in [1.807, 2.05) is 17.5 Å². The second kappa shape index (κ2) is 6.64. The van der Waals surface area contributed by atoms with Gasteiger partial charge in [-0.25, -0.2) is 4.98 Å². The van der Waals surface area contributed by atoms with Crippen molar-refractivity contribution in [3.63, 3.8) is 0 Å². The summed E-state index contributed by atoms with van der Waals surface area (Å²) in [5.41, 5.74) is 5.08. The number of nitrogens with zero attached hydrogens (tertiary/aromatic N) is 1. The quantitative estimate of drug-likeness (QED) is 0.499. The van der Waals surface area contributed by atoms with Gasteiger partial charge in [0, 0.05) is 21.6 Å². The summed E-state index contributed by atoms with van der Waals surface area (Å²) in [6.45, 7) is -2.74. The van der Waals surface area contributed by atoms with Crippen LogP contribution in [0.4, 0.5) is 14.5 Å². The van der Waals surface area contributed by atoms with Gasteiger partial charge in [-0.15, -0.1) is 17.8 Å². The third kappa shape index (κ3) is 3.21. The van der Waals surface area contributed by atoms with Crippen LogP contribution in [0.1, 0.15) is 27.2 Å². The summed E-state index contributed by atoms with van der Waals surface area (Å²) in [5, 5.41) is 4.94. The number of nitrogens with one attached hydrogen (secondary N) is 1. The van der Waals surface area contributed by atoms with Gasteiger partial charge >= 0.3 is 5.92 Å². The van der Waals surface area contributed by atoms with Crippen LogP contribution in [-0.4, -0.2) is 11.0 Å². The maximum absolute atomic E-state index is 14.8. The number of anilines is 1. The fourth-order valence-corrected chi connectivity index (χ4v) is 3.11. The molecule has 25 heavy (non-hydrogen) atoms. The highest BCUT2D eigenvalue weighted by Crippen LogP contribution is 2.40. The number of pyridine rings is 1. The Labute approximate surface area is 156 Å². The molecule has 0 aliphatic rings. The Morgan fingerprint density at radius 2 is 2.44 bits per heavy atom. The van der Waals surface area contributed by atoms with E-state index in [1.165, 1.54) is 17.4 Å². The van der Waals surface area contributed by atoms with Crippen LogP contribution in [0.2, 0.25) is 5.15 Å². The monoisotopic (exact) mass is 384 g/mol. The molecule has 0 fully saturated rings.